The van der Waals surface area contributed by atoms with E-state index in [4.69, 9.17) is 0 Å². The van der Waals surface area contributed by atoms with E-state index in [0.29, 0.717) is 32.7 Å². The molecular weight excluding hydrogens is 359 g/mol. The van der Waals surface area contributed by atoms with Crippen LogP contribution in [0.3, 0.4) is 0 Å². The first-order valence-electron chi connectivity index (χ1n) is 9.46. The van der Waals surface area contributed by atoms with Crippen LogP contribution in [0.15, 0.2) is 54.6 Å². The van der Waals surface area contributed by atoms with Crippen molar-refractivity contribution in [3.8, 4) is 0 Å². The van der Waals surface area contributed by atoms with Gasteiger partial charge in [-0.3, -0.25) is 15.0 Å². The summed E-state index contributed by atoms with van der Waals surface area (Å²) >= 11 is 0. The predicted octanol–water partition coefficient (Wildman–Crippen LogP) is 2.53. The van der Waals surface area contributed by atoms with Gasteiger partial charge in [0.2, 0.25) is 5.91 Å². The lowest BCUT2D eigenvalue weighted by atomic mass is 10.0. The summed E-state index contributed by atoms with van der Waals surface area (Å²) in [5.74, 6) is -0.596. The number of piperazine rings is 1. The summed E-state index contributed by atoms with van der Waals surface area (Å²) in [6, 6.07) is 14.9. The highest BCUT2D eigenvalue weighted by Crippen LogP contribution is 2.24. The molecule has 1 fully saturated rings. The summed E-state index contributed by atoms with van der Waals surface area (Å²) in [5.41, 5.74) is 1.81. The Balaban J connectivity index is 1.71. The molecule has 0 aromatic heterocycles. The maximum absolute atomic E-state index is 13.2. The Morgan fingerprint density at radius 1 is 1.00 bits per heavy atom. The quantitative estimate of drug-likeness (QED) is 0.832. The lowest BCUT2D eigenvalue weighted by Gasteiger charge is -2.39. The van der Waals surface area contributed by atoms with Gasteiger partial charge in [0.15, 0.2) is 0 Å². The SMILES string of the molecule is CCNC(=O)NC(=O)[C@@H](c1ccccc1)N1CCN(c2ccc(F)cc2)CC1. The number of hydrogen-bond donors (Lipinski definition) is 2. The fourth-order valence-electron chi connectivity index (χ4n) is 3.44. The van der Waals surface area contributed by atoms with Gasteiger partial charge in [-0.2, -0.15) is 0 Å². The number of hydrogen-bond acceptors (Lipinski definition) is 4. The van der Waals surface area contributed by atoms with Gasteiger partial charge in [-0.1, -0.05) is 30.3 Å². The van der Waals surface area contributed by atoms with Crippen molar-refractivity contribution in [1.29, 1.82) is 0 Å². The van der Waals surface area contributed by atoms with Crippen LogP contribution in [-0.4, -0.2) is 49.6 Å². The van der Waals surface area contributed by atoms with Gasteiger partial charge >= 0.3 is 6.03 Å². The Kier molecular flexibility index (Phi) is 6.60. The molecule has 1 atom stereocenters. The number of imide groups is 1. The second-order valence-electron chi connectivity index (χ2n) is 6.66. The van der Waals surface area contributed by atoms with Gasteiger partial charge in [-0.15, -0.1) is 0 Å². The van der Waals surface area contributed by atoms with Crippen LogP contribution in [0, 0.1) is 5.82 Å². The van der Waals surface area contributed by atoms with E-state index in [2.05, 4.69) is 20.4 Å². The molecule has 0 bridgehead atoms. The maximum Gasteiger partial charge on any atom is 0.321 e. The number of anilines is 1. The summed E-state index contributed by atoms with van der Waals surface area (Å²) in [6.45, 7) is 4.98. The number of rotatable bonds is 5. The van der Waals surface area contributed by atoms with Crippen molar-refractivity contribution in [3.05, 3.63) is 66.0 Å². The van der Waals surface area contributed by atoms with Gasteiger partial charge in [0.25, 0.3) is 0 Å². The fourth-order valence-corrected chi connectivity index (χ4v) is 3.44. The maximum atomic E-state index is 13.2. The Bertz CT molecular complexity index is 790. The smallest absolute Gasteiger partial charge is 0.321 e. The van der Waals surface area contributed by atoms with Crippen molar-refractivity contribution >= 4 is 17.6 Å². The highest BCUT2D eigenvalue weighted by atomic mass is 19.1. The van der Waals surface area contributed by atoms with E-state index in [0.717, 1.165) is 11.3 Å². The van der Waals surface area contributed by atoms with Crippen LogP contribution in [0.4, 0.5) is 14.9 Å². The lowest BCUT2D eigenvalue weighted by Crippen LogP contribution is -2.52. The molecule has 2 aromatic rings. The van der Waals surface area contributed by atoms with Gasteiger partial charge in [-0.05, 0) is 36.8 Å². The molecule has 1 heterocycles. The van der Waals surface area contributed by atoms with Crippen LogP contribution in [0.5, 0.6) is 0 Å². The zero-order valence-electron chi connectivity index (χ0n) is 15.9. The molecule has 28 heavy (non-hydrogen) atoms. The molecule has 2 N–H and O–H groups in total. The fraction of sp³-hybridized carbons (Fsp3) is 0.333. The van der Waals surface area contributed by atoms with E-state index in [-0.39, 0.29) is 11.7 Å². The first-order valence-corrected chi connectivity index (χ1v) is 9.46. The summed E-state index contributed by atoms with van der Waals surface area (Å²) < 4.78 is 13.2. The van der Waals surface area contributed by atoms with E-state index in [1.54, 1.807) is 19.1 Å². The number of urea groups is 1. The number of carbonyl (C=O) groups excluding carboxylic acids is 2. The normalized spacial score (nSPS) is 15.7. The Hall–Kier alpha value is -2.93. The molecule has 0 unspecified atom stereocenters. The van der Waals surface area contributed by atoms with E-state index in [1.807, 2.05) is 30.3 Å². The Morgan fingerprint density at radius 2 is 1.64 bits per heavy atom. The summed E-state index contributed by atoms with van der Waals surface area (Å²) in [6.07, 6.45) is 0. The molecule has 0 radical (unpaired) electrons. The topological polar surface area (TPSA) is 64.7 Å². The molecule has 0 saturated carbocycles. The zero-order chi connectivity index (χ0) is 19.9. The Labute approximate surface area is 164 Å². The molecule has 1 aliphatic heterocycles. The van der Waals surface area contributed by atoms with Crippen molar-refractivity contribution in [2.45, 2.75) is 13.0 Å². The number of benzene rings is 2. The first-order chi connectivity index (χ1) is 13.6. The largest absolute Gasteiger partial charge is 0.369 e. The minimum absolute atomic E-state index is 0.256. The van der Waals surface area contributed by atoms with E-state index in [9.17, 15) is 14.0 Å². The molecule has 7 heteroatoms. The van der Waals surface area contributed by atoms with Crippen LogP contribution in [-0.2, 0) is 4.79 Å². The van der Waals surface area contributed by atoms with Gasteiger partial charge in [-0.25, -0.2) is 9.18 Å². The average molecular weight is 384 g/mol. The van der Waals surface area contributed by atoms with Crippen LogP contribution in [0.25, 0.3) is 0 Å². The van der Waals surface area contributed by atoms with Gasteiger partial charge in [0, 0.05) is 38.4 Å². The molecule has 0 aliphatic carbocycles. The van der Waals surface area contributed by atoms with Crippen molar-refractivity contribution in [2.75, 3.05) is 37.6 Å². The second-order valence-corrected chi connectivity index (χ2v) is 6.66. The molecular formula is C21H25FN4O2. The predicted molar refractivity (Wildman–Crippen MR) is 107 cm³/mol. The van der Waals surface area contributed by atoms with Crippen LogP contribution >= 0.6 is 0 Å². The number of carbonyl (C=O) groups is 2. The third kappa shape index (κ3) is 4.86. The van der Waals surface area contributed by atoms with Gasteiger partial charge < -0.3 is 10.2 Å². The van der Waals surface area contributed by atoms with Crippen molar-refractivity contribution in [3.63, 3.8) is 0 Å². The molecule has 3 amide bonds. The van der Waals surface area contributed by atoms with Crippen LogP contribution in [0.1, 0.15) is 18.5 Å². The van der Waals surface area contributed by atoms with Gasteiger partial charge in [0.1, 0.15) is 11.9 Å². The van der Waals surface area contributed by atoms with Crippen molar-refractivity contribution in [2.24, 2.45) is 0 Å². The lowest BCUT2D eigenvalue weighted by molar-refractivity contribution is -0.125. The monoisotopic (exact) mass is 384 g/mol. The molecule has 1 aliphatic rings. The molecule has 148 valence electrons. The second kappa shape index (κ2) is 9.32. The third-order valence-corrected chi connectivity index (χ3v) is 4.81. The van der Waals surface area contributed by atoms with E-state index >= 15 is 0 Å². The number of nitrogens with zero attached hydrogens (tertiary/aromatic N) is 2. The summed E-state index contributed by atoms with van der Waals surface area (Å²) in [5, 5.41) is 5.03. The van der Waals surface area contributed by atoms with E-state index in [1.165, 1.54) is 12.1 Å². The van der Waals surface area contributed by atoms with Gasteiger partial charge in [0.05, 0.1) is 0 Å². The van der Waals surface area contributed by atoms with Crippen molar-refractivity contribution < 1.29 is 14.0 Å². The number of halogens is 1. The minimum atomic E-state index is -0.542. The first kappa shape index (κ1) is 19.8. The van der Waals surface area contributed by atoms with Crippen LogP contribution in [0.2, 0.25) is 0 Å². The number of amides is 3. The highest BCUT2D eigenvalue weighted by molar-refractivity contribution is 5.97. The third-order valence-electron chi connectivity index (χ3n) is 4.81. The average Bonchev–Trinajstić information content (AvgIpc) is 2.70. The summed E-state index contributed by atoms with van der Waals surface area (Å²) in [4.78, 5) is 28.9. The van der Waals surface area contributed by atoms with E-state index < -0.39 is 12.1 Å². The zero-order valence-corrected chi connectivity index (χ0v) is 15.9. The number of nitrogens with one attached hydrogen (secondary N) is 2. The van der Waals surface area contributed by atoms with Crippen molar-refractivity contribution in [1.82, 2.24) is 15.5 Å². The molecule has 1 saturated heterocycles. The Morgan fingerprint density at radius 3 is 2.25 bits per heavy atom. The van der Waals surface area contributed by atoms with Crippen LogP contribution < -0.4 is 15.5 Å². The molecule has 3 rings (SSSR count). The highest BCUT2D eigenvalue weighted by Gasteiger charge is 2.31. The summed E-state index contributed by atoms with van der Waals surface area (Å²) in [7, 11) is 0. The minimum Gasteiger partial charge on any atom is -0.369 e. The molecule has 6 nitrogen and oxygen atoms in total. The molecule has 2 aromatic carbocycles. The standard InChI is InChI=1S/C21H25FN4O2/c1-2-23-21(28)24-20(27)19(16-6-4-3-5-7-16)26-14-12-25(13-15-26)18-10-8-17(22)9-11-18/h3-11,19H,2,12-15H2,1H3,(H2,23,24,27,28)/t19-/m1/s1. The molecule has 0 spiro atoms.